The summed E-state index contributed by atoms with van der Waals surface area (Å²) in [5.41, 5.74) is 4.01. The van der Waals surface area contributed by atoms with Crippen molar-refractivity contribution >= 4 is 46.1 Å². The Kier molecular flexibility index (Phi) is 1.63. The Hall–Kier alpha value is -2.44. The highest BCUT2D eigenvalue weighted by Crippen LogP contribution is 2.29. The van der Waals surface area contributed by atoms with Gasteiger partial charge in [-0.25, -0.2) is 9.26 Å². The predicted molar refractivity (Wildman–Crippen MR) is 64.8 cm³/mol. The average molecular weight is 236 g/mol. The van der Waals surface area contributed by atoms with Crippen molar-refractivity contribution in [1.82, 2.24) is 20.6 Å². The number of aromatic nitrogens is 4. The zero-order valence-corrected chi connectivity index (χ0v) is 9.34. The molecule has 0 bridgehead atoms. The second-order valence-electron chi connectivity index (χ2n) is 4.18. The zero-order valence-electron chi connectivity index (χ0n) is 9.34. The van der Waals surface area contributed by atoms with E-state index in [1.54, 1.807) is 6.07 Å². The number of hydrogen-bond donors (Lipinski definition) is 0. The summed E-state index contributed by atoms with van der Waals surface area (Å²) >= 11 is 0. The minimum atomic E-state index is 0.493. The van der Waals surface area contributed by atoms with Gasteiger partial charge in [0, 0.05) is 10.8 Å². The first-order valence-electron chi connectivity index (χ1n) is 5.32. The maximum absolute atomic E-state index is 5.92. The van der Waals surface area contributed by atoms with Crippen LogP contribution in [0.15, 0.2) is 21.4 Å². The van der Waals surface area contributed by atoms with E-state index in [1.807, 2.05) is 13.0 Å². The summed E-state index contributed by atoms with van der Waals surface area (Å²) in [6.45, 7) is 1.93. The van der Waals surface area contributed by atoms with Gasteiger partial charge in [-0.05, 0) is 34.0 Å². The van der Waals surface area contributed by atoms with Crippen molar-refractivity contribution in [3.05, 3.63) is 17.7 Å². The first-order valence-corrected chi connectivity index (χ1v) is 5.32. The van der Waals surface area contributed by atoms with Crippen LogP contribution in [0.3, 0.4) is 0 Å². The van der Waals surface area contributed by atoms with Gasteiger partial charge in [0.05, 0.1) is 0 Å². The molecule has 0 fully saturated rings. The Morgan fingerprint density at radius 3 is 2.17 bits per heavy atom. The molecule has 0 atom stereocenters. The largest absolute Gasteiger partial charge is 0.243 e. The molecule has 6 nitrogen and oxygen atoms in total. The minimum absolute atomic E-state index is 0.493. The van der Waals surface area contributed by atoms with Gasteiger partial charge < -0.3 is 0 Å². The molecular formula is C11H5BN4O2. The highest BCUT2D eigenvalue weighted by Gasteiger charge is 2.15. The van der Waals surface area contributed by atoms with E-state index in [0.29, 0.717) is 22.0 Å². The first-order chi connectivity index (χ1) is 8.75. The number of rotatable bonds is 0. The first kappa shape index (κ1) is 9.58. The van der Waals surface area contributed by atoms with Crippen LogP contribution in [0, 0.1) is 6.92 Å². The van der Waals surface area contributed by atoms with Crippen molar-refractivity contribution in [2.75, 3.05) is 0 Å². The fraction of sp³-hybridized carbons (Fsp3) is 0.0909. The van der Waals surface area contributed by atoms with E-state index in [9.17, 15) is 0 Å². The third-order valence-electron chi connectivity index (χ3n) is 3.09. The molecule has 0 amide bonds. The second kappa shape index (κ2) is 3.07. The highest BCUT2D eigenvalue weighted by atomic mass is 16.6. The van der Waals surface area contributed by atoms with Gasteiger partial charge in [-0.1, -0.05) is 16.7 Å². The second-order valence-corrected chi connectivity index (χ2v) is 4.18. The lowest BCUT2D eigenvalue weighted by Gasteiger charge is -2.02. The number of fused-ring (bicyclic) bond motifs is 5. The average Bonchev–Trinajstić information content (AvgIpc) is 2.98. The van der Waals surface area contributed by atoms with Crippen LogP contribution in [0.2, 0.25) is 0 Å². The smallest absolute Gasteiger partial charge is 0.143 e. The molecule has 7 heteroatoms. The molecule has 0 saturated heterocycles. The topological polar surface area (TPSA) is 77.8 Å². The summed E-state index contributed by atoms with van der Waals surface area (Å²) in [6.07, 6.45) is 0. The summed E-state index contributed by atoms with van der Waals surface area (Å²) in [4.78, 5) is 0. The molecule has 4 rings (SSSR count). The van der Waals surface area contributed by atoms with Gasteiger partial charge in [-0.2, -0.15) is 0 Å². The molecule has 0 aliphatic heterocycles. The van der Waals surface area contributed by atoms with Gasteiger partial charge in [0.15, 0.2) is 0 Å². The van der Waals surface area contributed by atoms with E-state index < -0.39 is 0 Å². The lowest BCUT2D eigenvalue weighted by Crippen LogP contribution is -2.04. The quantitative estimate of drug-likeness (QED) is 0.424. The molecule has 0 aliphatic carbocycles. The van der Waals surface area contributed by atoms with Gasteiger partial charge in [-0.3, -0.25) is 0 Å². The SMILES string of the molecule is [B]c1cc2c(cc(C)c3nonc32)c2nonc12. The maximum Gasteiger partial charge on any atom is 0.143 e. The van der Waals surface area contributed by atoms with E-state index in [4.69, 9.17) is 17.1 Å². The van der Waals surface area contributed by atoms with Crippen LogP contribution in [0.25, 0.3) is 32.8 Å². The van der Waals surface area contributed by atoms with Crippen molar-refractivity contribution in [1.29, 1.82) is 0 Å². The number of hydrogen-bond acceptors (Lipinski definition) is 6. The normalized spacial score (nSPS) is 11.8. The fourth-order valence-electron chi connectivity index (χ4n) is 2.23. The summed E-state index contributed by atoms with van der Waals surface area (Å²) in [6, 6.07) is 3.74. The zero-order chi connectivity index (χ0) is 12.3. The summed E-state index contributed by atoms with van der Waals surface area (Å²) in [5, 5.41) is 17.2. The number of nitrogens with zero attached hydrogens (tertiary/aromatic N) is 4. The van der Waals surface area contributed by atoms with Crippen LogP contribution in [0.5, 0.6) is 0 Å². The molecule has 4 aromatic rings. The van der Waals surface area contributed by atoms with Crippen LogP contribution >= 0.6 is 0 Å². The molecule has 18 heavy (non-hydrogen) atoms. The van der Waals surface area contributed by atoms with E-state index >= 15 is 0 Å². The van der Waals surface area contributed by atoms with Crippen LogP contribution < -0.4 is 5.46 Å². The van der Waals surface area contributed by atoms with Gasteiger partial charge in [-0.15, -0.1) is 0 Å². The standard InChI is InChI=1S/C11H5BN4O2/c1-4-2-5-6(9-8(4)13-17-14-9)3-7(12)11-10(5)15-18-16-11/h2-3H,1H3. The maximum atomic E-state index is 5.92. The molecule has 2 aromatic heterocycles. The van der Waals surface area contributed by atoms with E-state index in [0.717, 1.165) is 21.9 Å². The summed E-state index contributed by atoms with van der Waals surface area (Å²) in [5.74, 6) is 0. The van der Waals surface area contributed by atoms with Gasteiger partial charge in [0.2, 0.25) is 0 Å². The monoisotopic (exact) mass is 236 g/mol. The van der Waals surface area contributed by atoms with Gasteiger partial charge in [0.1, 0.15) is 29.9 Å². The molecule has 0 saturated carbocycles. The van der Waals surface area contributed by atoms with E-state index in [2.05, 4.69) is 20.6 Å². The molecular weight excluding hydrogens is 231 g/mol. The lowest BCUT2D eigenvalue weighted by molar-refractivity contribution is 0.315. The fourth-order valence-corrected chi connectivity index (χ4v) is 2.23. The predicted octanol–water partition coefficient (Wildman–Crippen LogP) is 1.01. The van der Waals surface area contributed by atoms with Crippen molar-refractivity contribution in [3.63, 3.8) is 0 Å². The Labute approximate surface area is 101 Å². The molecule has 0 N–H and O–H groups in total. The summed E-state index contributed by atoms with van der Waals surface area (Å²) < 4.78 is 9.53. The van der Waals surface area contributed by atoms with Gasteiger partial charge in [0.25, 0.3) is 0 Å². The van der Waals surface area contributed by atoms with Crippen molar-refractivity contribution in [2.45, 2.75) is 6.92 Å². The molecule has 84 valence electrons. The third-order valence-corrected chi connectivity index (χ3v) is 3.09. The molecule has 2 aromatic carbocycles. The highest BCUT2D eigenvalue weighted by molar-refractivity contribution is 6.40. The van der Waals surface area contributed by atoms with Crippen molar-refractivity contribution in [2.24, 2.45) is 0 Å². The number of benzene rings is 2. The molecule has 2 radical (unpaired) electrons. The third kappa shape index (κ3) is 1.03. The lowest BCUT2D eigenvalue weighted by atomic mass is 9.90. The Morgan fingerprint density at radius 2 is 1.39 bits per heavy atom. The Morgan fingerprint density at radius 1 is 0.833 bits per heavy atom. The molecule has 0 unspecified atom stereocenters. The van der Waals surface area contributed by atoms with Crippen LogP contribution in [0.1, 0.15) is 5.56 Å². The van der Waals surface area contributed by atoms with Crippen molar-refractivity contribution < 1.29 is 9.26 Å². The Bertz CT molecular complexity index is 836. The van der Waals surface area contributed by atoms with Crippen molar-refractivity contribution in [3.8, 4) is 0 Å². The number of aryl methyl sites for hydroxylation is 1. The van der Waals surface area contributed by atoms with E-state index in [-0.39, 0.29) is 0 Å². The van der Waals surface area contributed by atoms with E-state index in [1.165, 1.54) is 0 Å². The molecule has 0 spiro atoms. The molecule has 2 heterocycles. The summed E-state index contributed by atoms with van der Waals surface area (Å²) in [7, 11) is 5.92. The molecule has 0 aliphatic rings. The Balaban J connectivity index is 2.40. The van der Waals surface area contributed by atoms with Crippen LogP contribution in [0.4, 0.5) is 0 Å². The van der Waals surface area contributed by atoms with Crippen LogP contribution in [-0.2, 0) is 0 Å². The minimum Gasteiger partial charge on any atom is -0.243 e. The van der Waals surface area contributed by atoms with Crippen LogP contribution in [-0.4, -0.2) is 28.5 Å². The van der Waals surface area contributed by atoms with Gasteiger partial charge >= 0.3 is 0 Å².